The molecule has 1 fully saturated rings. The highest BCUT2D eigenvalue weighted by atomic mass is 16.1. The molecule has 15 heavy (non-hydrogen) atoms. The molecule has 0 aromatic heterocycles. The fraction of sp³-hybridized carbons (Fsp3) is 0.923. The van der Waals surface area contributed by atoms with Crippen LogP contribution in [0.2, 0.25) is 0 Å². The van der Waals surface area contributed by atoms with Crippen molar-refractivity contribution in [1.82, 2.24) is 4.90 Å². The van der Waals surface area contributed by atoms with Crippen LogP contribution in [0.3, 0.4) is 0 Å². The predicted molar refractivity (Wildman–Crippen MR) is 64.0 cm³/mol. The van der Waals surface area contributed by atoms with Gasteiger partial charge in [-0.25, -0.2) is 0 Å². The number of hydrogen-bond donors (Lipinski definition) is 0. The number of nitrogens with zero attached hydrogens (tertiary/aromatic N) is 1. The van der Waals surface area contributed by atoms with Gasteiger partial charge in [0.25, 0.3) is 0 Å². The maximum Gasteiger partial charge on any atom is 0.132 e. The van der Waals surface area contributed by atoms with E-state index in [1.807, 2.05) is 6.92 Å². The second kappa shape index (κ2) is 6.26. The zero-order valence-corrected chi connectivity index (χ0v) is 10.5. The molecule has 0 atom stereocenters. The lowest BCUT2D eigenvalue weighted by molar-refractivity contribution is -0.119. The molecule has 0 aromatic carbocycles. The molecule has 0 bridgehead atoms. The monoisotopic (exact) mass is 211 g/mol. The van der Waals surface area contributed by atoms with Crippen LogP contribution in [-0.4, -0.2) is 29.8 Å². The second-order valence-electron chi connectivity index (χ2n) is 5.00. The molecule has 2 heteroatoms. The van der Waals surface area contributed by atoms with E-state index in [1.54, 1.807) is 0 Å². The molecule has 0 radical (unpaired) electrons. The Balaban J connectivity index is 2.17. The number of carbonyl (C=O) groups excluding carboxylic acids is 1. The van der Waals surface area contributed by atoms with Gasteiger partial charge in [0.15, 0.2) is 0 Å². The van der Waals surface area contributed by atoms with E-state index >= 15 is 0 Å². The first-order valence-corrected chi connectivity index (χ1v) is 6.39. The summed E-state index contributed by atoms with van der Waals surface area (Å²) >= 11 is 0. The van der Waals surface area contributed by atoms with Gasteiger partial charge in [-0.15, -0.1) is 0 Å². The highest BCUT2D eigenvalue weighted by Crippen LogP contribution is 2.23. The lowest BCUT2D eigenvalue weighted by Gasteiger charge is -2.34. The molecular formula is C13H25NO. The van der Waals surface area contributed by atoms with Crippen LogP contribution in [0, 0.1) is 5.92 Å². The van der Waals surface area contributed by atoms with Crippen LogP contribution >= 0.6 is 0 Å². The van der Waals surface area contributed by atoms with Crippen molar-refractivity contribution < 1.29 is 4.79 Å². The van der Waals surface area contributed by atoms with E-state index < -0.39 is 0 Å². The number of Topliss-reactive ketones (excluding diaryl/α,β-unsaturated/α-hetero) is 1. The number of hydrogen-bond acceptors (Lipinski definition) is 2. The van der Waals surface area contributed by atoms with Gasteiger partial charge in [0.2, 0.25) is 0 Å². The van der Waals surface area contributed by atoms with Crippen molar-refractivity contribution in [3.8, 4) is 0 Å². The molecular weight excluding hydrogens is 186 g/mol. The third-order valence-electron chi connectivity index (χ3n) is 3.61. The Labute approximate surface area is 94.0 Å². The van der Waals surface area contributed by atoms with Crippen LogP contribution in [-0.2, 0) is 4.79 Å². The largest absolute Gasteiger partial charge is 0.301 e. The first-order chi connectivity index (χ1) is 7.13. The minimum atomic E-state index is 0.432. The molecule has 1 saturated heterocycles. The fourth-order valence-corrected chi connectivity index (χ4v) is 2.30. The van der Waals surface area contributed by atoms with Crippen molar-refractivity contribution in [2.75, 3.05) is 13.1 Å². The molecule has 0 N–H and O–H groups in total. The zero-order chi connectivity index (χ0) is 11.3. The summed E-state index contributed by atoms with van der Waals surface area (Å²) in [5.41, 5.74) is 0. The molecule has 0 saturated carbocycles. The van der Waals surface area contributed by atoms with E-state index in [1.165, 1.54) is 25.9 Å². The quantitative estimate of drug-likeness (QED) is 0.697. The Morgan fingerprint density at radius 3 is 2.40 bits per heavy atom. The molecule has 1 rings (SSSR count). The molecule has 0 spiro atoms. The molecule has 0 amide bonds. The molecule has 0 unspecified atom stereocenters. The Morgan fingerprint density at radius 2 is 1.93 bits per heavy atom. The van der Waals surface area contributed by atoms with E-state index in [4.69, 9.17) is 0 Å². The SMILES string of the molecule is CCC(=O)CCC1CCN(C(C)C)CC1. The average molecular weight is 211 g/mol. The summed E-state index contributed by atoms with van der Waals surface area (Å²) in [6.45, 7) is 8.94. The van der Waals surface area contributed by atoms with Gasteiger partial charge < -0.3 is 4.90 Å². The Hall–Kier alpha value is -0.370. The first-order valence-electron chi connectivity index (χ1n) is 6.39. The van der Waals surface area contributed by atoms with Crippen LogP contribution in [0.15, 0.2) is 0 Å². The lowest BCUT2D eigenvalue weighted by Crippen LogP contribution is -2.38. The number of carbonyl (C=O) groups is 1. The first kappa shape index (κ1) is 12.7. The van der Waals surface area contributed by atoms with E-state index in [2.05, 4.69) is 18.7 Å². The molecule has 1 heterocycles. The Kier molecular flexibility index (Phi) is 5.30. The van der Waals surface area contributed by atoms with Gasteiger partial charge in [0.1, 0.15) is 5.78 Å². The third-order valence-corrected chi connectivity index (χ3v) is 3.61. The summed E-state index contributed by atoms with van der Waals surface area (Å²) in [6, 6.07) is 0.684. The number of ketones is 1. The summed E-state index contributed by atoms with van der Waals surface area (Å²) < 4.78 is 0. The summed E-state index contributed by atoms with van der Waals surface area (Å²) in [7, 11) is 0. The smallest absolute Gasteiger partial charge is 0.132 e. The zero-order valence-electron chi connectivity index (χ0n) is 10.5. The van der Waals surface area contributed by atoms with Gasteiger partial charge in [-0.05, 0) is 52.1 Å². The van der Waals surface area contributed by atoms with Gasteiger partial charge in [0, 0.05) is 18.9 Å². The van der Waals surface area contributed by atoms with E-state index in [9.17, 15) is 4.79 Å². The van der Waals surface area contributed by atoms with Crippen LogP contribution < -0.4 is 0 Å². The highest BCUT2D eigenvalue weighted by Gasteiger charge is 2.20. The summed E-state index contributed by atoms with van der Waals surface area (Å²) in [6.07, 6.45) is 5.22. The predicted octanol–water partition coefficient (Wildman–Crippen LogP) is 2.87. The van der Waals surface area contributed by atoms with Gasteiger partial charge in [-0.1, -0.05) is 6.92 Å². The number of piperidine rings is 1. The lowest BCUT2D eigenvalue weighted by atomic mass is 9.90. The minimum absolute atomic E-state index is 0.432. The molecule has 1 aliphatic rings. The molecule has 88 valence electrons. The molecule has 2 nitrogen and oxygen atoms in total. The van der Waals surface area contributed by atoms with Crippen LogP contribution in [0.25, 0.3) is 0 Å². The van der Waals surface area contributed by atoms with Gasteiger partial charge in [0.05, 0.1) is 0 Å². The van der Waals surface area contributed by atoms with Crippen molar-refractivity contribution in [2.45, 2.75) is 58.9 Å². The average Bonchev–Trinajstić information content (AvgIpc) is 2.26. The van der Waals surface area contributed by atoms with Gasteiger partial charge >= 0.3 is 0 Å². The normalized spacial score (nSPS) is 19.7. The van der Waals surface area contributed by atoms with Crippen molar-refractivity contribution in [2.24, 2.45) is 5.92 Å². The number of likely N-dealkylation sites (tertiary alicyclic amines) is 1. The van der Waals surface area contributed by atoms with Crippen LogP contribution in [0.5, 0.6) is 0 Å². The minimum Gasteiger partial charge on any atom is -0.301 e. The van der Waals surface area contributed by atoms with Crippen LogP contribution in [0.4, 0.5) is 0 Å². The van der Waals surface area contributed by atoms with E-state index in [0.717, 1.165) is 18.8 Å². The highest BCUT2D eigenvalue weighted by molar-refractivity contribution is 5.77. The topological polar surface area (TPSA) is 20.3 Å². The molecule has 0 aliphatic carbocycles. The maximum atomic E-state index is 11.2. The maximum absolute atomic E-state index is 11.2. The van der Waals surface area contributed by atoms with Gasteiger partial charge in [-0.2, -0.15) is 0 Å². The Bertz CT molecular complexity index is 193. The van der Waals surface area contributed by atoms with Crippen molar-refractivity contribution >= 4 is 5.78 Å². The van der Waals surface area contributed by atoms with Crippen molar-refractivity contribution in [3.05, 3.63) is 0 Å². The van der Waals surface area contributed by atoms with Gasteiger partial charge in [-0.3, -0.25) is 4.79 Å². The fourth-order valence-electron chi connectivity index (χ4n) is 2.30. The summed E-state index contributed by atoms with van der Waals surface area (Å²) in [5, 5.41) is 0. The van der Waals surface area contributed by atoms with Crippen molar-refractivity contribution in [1.29, 1.82) is 0 Å². The van der Waals surface area contributed by atoms with E-state index in [0.29, 0.717) is 18.2 Å². The second-order valence-corrected chi connectivity index (χ2v) is 5.00. The number of rotatable bonds is 5. The third kappa shape index (κ3) is 4.33. The van der Waals surface area contributed by atoms with Crippen molar-refractivity contribution in [3.63, 3.8) is 0 Å². The standard InChI is InChI=1S/C13H25NO/c1-4-13(15)6-5-12-7-9-14(10-8-12)11(2)3/h11-12H,4-10H2,1-3H3. The van der Waals surface area contributed by atoms with E-state index in [-0.39, 0.29) is 0 Å². The van der Waals surface area contributed by atoms with Crippen LogP contribution in [0.1, 0.15) is 52.9 Å². The summed E-state index contributed by atoms with van der Waals surface area (Å²) in [5.74, 6) is 1.23. The molecule has 0 aromatic rings. The molecule has 1 aliphatic heterocycles. The Morgan fingerprint density at radius 1 is 1.33 bits per heavy atom. The summed E-state index contributed by atoms with van der Waals surface area (Å²) in [4.78, 5) is 13.8.